The molecule has 2 aromatic heterocycles. The van der Waals surface area contributed by atoms with E-state index in [-0.39, 0.29) is 0 Å². The molecular formula is C19H21N3O2S2. The van der Waals surface area contributed by atoms with Gasteiger partial charge in [0.15, 0.2) is 0 Å². The van der Waals surface area contributed by atoms with Crippen molar-refractivity contribution in [3.63, 3.8) is 0 Å². The number of aromatic nitrogens is 2. The summed E-state index contributed by atoms with van der Waals surface area (Å²) in [6, 6.07) is 9.68. The van der Waals surface area contributed by atoms with E-state index < -0.39 is 10.0 Å². The number of para-hydroxylation sites is 1. The van der Waals surface area contributed by atoms with Gasteiger partial charge in [-0.3, -0.25) is 9.40 Å². The second-order valence-electron chi connectivity index (χ2n) is 6.66. The number of hydrogen-bond acceptors (Lipinski definition) is 4. The van der Waals surface area contributed by atoms with Gasteiger partial charge in [-0.05, 0) is 51.3 Å². The first-order chi connectivity index (χ1) is 12.4. The number of nitrogens with one attached hydrogen (secondary N) is 1. The summed E-state index contributed by atoms with van der Waals surface area (Å²) in [4.78, 5) is 2.17. The van der Waals surface area contributed by atoms with E-state index in [0.29, 0.717) is 17.1 Å². The Bertz CT molecular complexity index is 1080. The highest BCUT2D eigenvalue weighted by Gasteiger charge is 2.34. The van der Waals surface area contributed by atoms with Gasteiger partial charge in [0.25, 0.3) is 10.0 Å². The second kappa shape index (κ2) is 6.25. The Kier molecular flexibility index (Phi) is 4.16. The number of aromatic amines is 1. The number of benzene rings is 1. The molecule has 7 heteroatoms. The molecule has 0 saturated heterocycles. The SMILES string of the molecule is Cc1cc(-c2c(C)sc(C)c2S(=O)(=O)N2CCCc3ccccc32)n[nH]1. The monoisotopic (exact) mass is 387 g/mol. The number of nitrogens with zero attached hydrogens (tertiary/aromatic N) is 2. The second-order valence-corrected chi connectivity index (χ2v) is 9.89. The lowest BCUT2D eigenvalue weighted by atomic mass is 10.0. The van der Waals surface area contributed by atoms with E-state index in [1.54, 1.807) is 4.31 Å². The fraction of sp³-hybridized carbons (Fsp3) is 0.316. The predicted octanol–water partition coefficient (Wildman–Crippen LogP) is 4.20. The number of aryl methyl sites for hydroxylation is 4. The first-order valence-electron chi connectivity index (χ1n) is 8.62. The van der Waals surface area contributed by atoms with Gasteiger partial charge in [0.1, 0.15) is 4.90 Å². The van der Waals surface area contributed by atoms with Crippen LogP contribution in [0.3, 0.4) is 0 Å². The molecule has 26 heavy (non-hydrogen) atoms. The molecule has 4 rings (SSSR count). The van der Waals surface area contributed by atoms with Gasteiger partial charge < -0.3 is 0 Å². The topological polar surface area (TPSA) is 66.1 Å². The molecule has 1 aliphatic rings. The van der Waals surface area contributed by atoms with Gasteiger partial charge in [-0.2, -0.15) is 5.10 Å². The molecule has 1 aliphatic heterocycles. The van der Waals surface area contributed by atoms with Crippen molar-refractivity contribution in [3.8, 4) is 11.3 Å². The van der Waals surface area contributed by atoms with Gasteiger partial charge in [0.05, 0.1) is 11.4 Å². The highest BCUT2D eigenvalue weighted by atomic mass is 32.2. The van der Waals surface area contributed by atoms with E-state index in [2.05, 4.69) is 10.2 Å². The molecule has 0 spiro atoms. The van der Waals surface area contributed by atoms with Crippen LogP contribution >= 0.6 is 11.3 Å². The largest absolute Gasteiger partial charge is 0.282 e. The number of thiophene rings is 1. The van der Waals surface area contributed by atoms with Gasteiger partial charge in [0.2, 0.25) is 0 Å². The summed E-state index contributed by atoms with van der Waals surface area (Å²) in [5, 5.41) is 7.25. The fourth-order valence-electron chi connectivity index (χ4n) is 3.68. The molecule has 0 aliphatic carbocycles. The van der Waals surface area contributed by atoms with E-state index >= 15 is 0 Å². The Balaban J connectivity index is 1.91. The number of anilines is 1. The maximum absolute atomic E-state index is 13.7. The van der Waals surface area contributed by atoms with Crippen LogP contribution in [0.15, 0.2) is 35.2 Å². The molecule has 1 aromatic carbocycles. The molecule has 0 atom stereocenters. The van der Waals surface area contributed by atoms with Crippen molar-refractivity contribution >= 4 is 27.0 Å². The maximum Gasteiger partial charge on any atom is 0.266 e. The molecule has 0 bridgehead atoms. The van der Waals surface area contributed by atoms with E-state index in [9.17, 15) is 8.42 Å². The van der Waals surface area contributed by atoms with Gasteiger partial charge in [-0.1, -0.05) is 18.2 Å². The number of fused-ring (bicyclic) bond motifs is 1. The summed E-state index contributed by atoms with van der Waals surface area (Å²) >= 11 is 1.51. The minimum Gasteiger partial charge on any atom is -0.282 e. The Labute approximate surface area is 157 Å². The van der Waals surface area contributed by atoms with E-state index in [1.807, 2.05) is 51.1 Å². The van der Waals surface area contributed by atoms with Crippen LogP contribution in [0.5, 0.6) is 0 Å². The Morgan fingerprint density at radius 2 is 1.92 bits per heavy atom. The van der Waals surface area contributed by atoms with Gasteiger partial charge >= 0.3 is 0 Å². The number of hydrogen-bond donors (Lipinski definition) is 1. The van der Waals surface area contributed by atoms with Crippen LogP contribution in [0.1, 0.15) is 27.4 Å². The van der Waals surface area contributed by atoms with Gasteiger partial charge in [-0.15, -0.1) is 11.3 Å². The first kappa shape index (κ1) is 17.3. The van der Waals surface area contributed by atoms with Crippen LogP contribution in [0.2, 0.25) is 0 Å². The molecule has 0 saturated carbocycles. The van der Waals surface area contributed by atoms with Crippen molar-refractivity contribution in [2.45, 2.75) is 38.5 Å². The van der Waals surface area contributed by atoms with Crippen LogP contribution in [0.25, 0.3) is 11.3 Å². The Morgan fingerprint density at radius 3 is 2.65 bits per heavy atom. The highest BCUT2D eigenvalue weighted by molar-refractivity contribution is 7.93. The molecule has 0 radical (unpaired) electrons. The van der Waals surface area contributed by atoms with Crippen LogP contribution in [-0.4, -0.2) is 25.2 Å². The van der Waals surface area contributed by atoms with Crippen LogP contribution in [-0.2, 0) is 16.4 Å². The molecule has 5 nitrogen and oxygen atoms in total. The molecule has 0 unspecified atom stereocenters. The third-order valence-corrected chi connectivity index (χ3v) is 7.92. The quantitative estimate of drug-likeness (QED) is 0.732. The number of sulfonamides is 1. The lowest BCUT2D eigenvalue weighted by Crippen LogP contribution is -2.35. The van der Waals surface area contributed by atoms with Crippen molar-refractivity contribution in [3.05, 3.63) is 51.3 Å². The fourth-order valence-corrected chi connectivity index (χ4v) is 7.05. The molecule has 0 fully saturated rings. The van der Waals surface area contributed by atoms with Crippen molar-refractivity contribution in [2.75, 3.05) is 10.8 Å². The zero-order chi connectivity index (χ0) is 18.5. The normalized spacial score (nSPS) is 14.5. The van der Waals surface area contributed by atoms with Crippen molar-refractivity contribution in [1.82, 2.24) is 10.2 Å². The third kappa shape index (κ3) is 2.66. The van der Waals surface area contributed by atoms with E-state index in [1.165, 1.54) is 11.3 Å². The summed E-state index contributed by atoms with van der Waals surface area (Å²) < 4.78 is 28.9. The van der Waals surface area contributed by atoms with Crippen LogP contribution < -0.4 is 4.31 Å². The molecule has 3 heterocycles. The zero-order valence-electron chi connectivity index (χ0n) is 15.0. The standard InChI is InChI=1S/C19H21N3O2S2/c1-12-11-16(21-20-12)18-13(2)25-14(3)19(18)26(23,24)22-10-6-8-15-7-4-5-9-17(15)22/h4-5,7,9,11H,6,8,10H2,1-3H3,(H,20,21). The lowest BCUT2D eigenvalue weighted by molar-refractivity contribution is 0.586. The number of rotatable bonds is 3. The minimum atomic E-state index is -3.66. The smallest absolute Gasteiger partial charge is 0.266 e. The van der Waals surface area contributed by atoms with Gasteiger partial charge in [-0.25, -0.2) is 8.42 Å². The maximum atomic E-state index is 13.7. The summed E-state index contributed by atoms with van der Waals surface area (Å²) in [5.41, 5.74) is 4.21. The molecular weight excluding hydrogens is 366 g/mol. The van der Waals surface area contributed by atoms with E-state index in [0.717, 1.165) is 45.1 Å². The van der Waals surface area contributed by atoms with Crippen LogP contribution in [0, 0.1) is 20.8 Å². The van der Waals surface area contributed by atoms with Gasteiger partial charge in [0, 0.05) is 27.6 Å². The van der Waals surface area contributed by atoms with Crippen molar-refractivity contribution in [2.24, 2.45) is 0 Å². The Hall–Kier alpha value is -2.12. The lowest BCUT2D eigenvalue weighted by Gasteiger charge is -2.30. The average Bonchev–Trinajstić information content (AvgIpc) is 3.16. The predicted molar refractivity (Wildman–Crippen MR) is 105 cm³/mol. The van der Waals surface area contributed by atoms with E-state index in [4.69, 9.17) is 0 Å². The first-order valence-corrected chi connectivity index (χ1v) is 10.9. The number of H-pyrrole nitrogens is 1. The Morgan fingerprint density at radius 1 is 1.15 bits per heavy atom. The average molecular weight is 388 g/mol. The highest BCUT2D eigenvalue weighted by Crippen LogP contribution is 2.42. The summed E-state index contributed by atoms with van der Waals surface area (Å²) in [7, 11) is -3.66. The molecule has 0 amide bonds. The zero-order valence-corrected chi connectivity index (χ0v) is 16.7. The van der Waals surface area contributed by atoms with Crippen LogP contribution in [0.4, 0.5) is 5.69 Å². The molecule has 3 aromatic rings. The minimum absolute atomic E-state index is 0.392. The molecule has 1 N–H and O–H groups in total. The summed E-state index contributed by atoms with van der Waals surface area (Å²) in [6.45, 7) is 6.26. The molecule has 136 valence electrons. The summed E-state index contributed by atoms with van der Waals surface area (Å²) in [6.07, 6.45) is 1.74. The third-order valence-electron chi connectivity index (χ3n) is 4.78. The van der Waals surface area contributed by atoms with Crippen molar-refractivity contribution in [1.29, 1.82) is 0 Å². The van der Waals surface area contributed by atoms with Crippen molar-refractivity contribution < 1.29 is 8.42 Å². The summed E-state index contributed by atoms with van der Waals surface area (Å²) in [5.74, 6) is 0.